The number of rotatable bonds is 4. The van der Waals surface area contributed by atoms with Crippen LogP contribution in [0.3, 0.4) is 0 Å². The van der Waals surface area contributed by atoms with Gasteiger partial charge in [0, 0.05) is 31.5 Å². The lowest BCUT2D eigenvalue weighted by atomic mass is 10.0. The summed E-state index contributed by atoms with van der Waals surface area (Å²) in [6.45, 7) is 3.15. The summed E-state index contributed by atoms with van der Waals surface area (Å²) >= 11 is 0. The number of hydrogen-bond donors (Lipinski definition) is 1. The molecule has 0 spiro atoms. The molecular formula is C13H21N3. The van der Waals surface area contributed by atoms with E-state index < -0.39 is 0 Å². The molecule has 1 saturated heterocycles. The van der Waals surface area contributed by atoms with Gasteiger partial charge in [0.15, 0.2) is 0 Å². The second-order valence-corrected chi connectivity index (χ2v) is 4.53. The highest BCUT2D eigenvalue weighted by Crippen LogP contribution is 2.16. The predicted molar refractivity (Wildman–Crippen MR) is 66.2 cm³/mol. The van der Waals surface area contributed by atoms with Crippen LogP contribution in [-0.4, -0.2) is 35.6 Å². The van der Waals surface area contributed by atoms with Gasteiger partial charge in [-0.25, -0.2) is 0 Å². The van der Waals surface area contributed by atoms with E-state index in [-0.39, 0.29) is 0 Å². The van der Waals surface area contributed by atoms with Crippen LogP contribution in [0.5, 0.6) is 0 Å². The third-order valence-corrected chi connectivity index (χ3v) is 3.46. The van der Waals surface area contributed by atoms with E-state index >= 15 is 0 Å². The molecule has 1 atom stereocenters. The Labute approximate surface area is 97.7 Å². The first-order chi connectivity index (χ1) is 7.90. The minimum atomic E-state index is 0.607. The fourth-order valence-electron chi connectivity index (χ4n) is 2.44. The highest BCUT2D eigenvalue weighted by atomic mass is 15.2. The van der Waals surface area contributed by atoms with Crippen molar-refractivity contribution < 1.29 is 0 Å². The molecule has 0 saturated carbocycles. The molecule has 3 nitrogen and oxygen atoms in total. The summed E-state index contributed by atoms with van der Waals surface area (Å²) in [4.78, 5) is 6.58. The minimum absolute atomic E-state index is 0.607. The zero-order chi connectivity index (χ0) is 11.2. The third kappa shape index (κ3) is 3.03. The Morgan fingerprint density at radius 3 is 2.88 bits per heavy atom. The van der Waals surface area contributed by atoms with Crippen molar-refractivity contribution in [2.24, 2.45) is 5.73 Å². The number of hydrogen-bond acceptors (Lipinski definition) is 3. The SMILES string of the molecule is NCC1CCCCN1CCc1ccncc1. The van der Waals surface area contributed by atoms with Crippen molar-refractivity contribution in [1.29, 1.82) is 0 Å². The lowest BCUT2D eigenvalue weighted by Gasteiger charge is -2.34. The van der Waals surface area contributed by atoms with E-state index in [1.807, 2.05) is 12.4 Å². The Balaban J connectivity index is 1.84. The van der Waals surface area contributed by atoms with Gasteiger partial charge in [-0.15, -0.1) is 0 Å². The summed E-state index contributed by atoms with van der Waals surface area (Å²) in [5, 5.41) is 0. The largest absolute Gasteiger partial charge is 0.329 e. The molecule has 1 unspecified atom stereocenters. The summed E-state index contributed by atoms with van der Waals surface area (Å²) in [6.07, 6.45) is 8.78. The lowest BCUT2D eigenvalue weighted by Crippen LogP contribution is -2.44. The third-order valence-electron chi connectivity index (χ3n) is 3.46. The Hall–Kier alpha value is -0.930. The van der Waals surface area contributed by atoms with Gasteiger partial charge in [-0.3, -0.25) is 9.88 Å². The van der Waals surface area contributed by atoms with Crippen molar-refractivity contribution in [1.82, 2.24) is 9.88 Å². The summed E-state index contributed by atoms with van der Waals surface area (Å²) in [6, 6.07) is 4.80. The summed E-state index contributed by atoms with van der Waals surface area (Å²) in [5.41, 5.74) is 7.18. The van der Waals surface area contributed by atoms with Gasteiger partial charge in [-0.1, -0.05) is 6.42 Å². The predicted octanol–water partition coefficient (Wildman–Crippen LogP) is 1.44. The van der Waals surface area contributed by atoms with Gasteiger partial charge < -0.3 is 5.73 Å². The maximum Gasteiger partial charge on any atom is 0.0270 e. The van der Waals surface area contributed by atoms with Crippen LogP contribution in [0.25, 0.3) is 0 Å². The van der Waals surface area contributed by atoms with Crippen LogP contribution < -0.4 is 5.73 Å². The van der Waals surface area contributed by atoms with Gasteiger partial charge in [0.2, 0.25) is 0 Å². The number of likely N-dealkylation sites (tertiary alicyclic amines) is 1. The zero-order valence-corrected chi connectivity index (χ0v) is 9.81. The molecule has 16 heavy (non-hydrogen) atoms. The summed E-state index contributed by atoms with van der Waals surface area (Å²) < 4.78 is 0. The smallest absolute Gasteiger partial charge is 0.0270 e. The topological polar surface area (TPSA) is 42.1 Å². The molecule has 1 aromatic heterocycles. The molecule has 0 aliphatic carbocycles. The van der Waals surface area contributed by atoms with Crippen molar-refractivity contribution in [2.45, 2.75) is 31.7 Å². The Bertz CT molecular complexity index is 299. The molecule has 2 rings (SSSR count). The normalized spacial score (nSPS) is 22.2. The molecule has 0 aromatic carbocycles. The molecule has 1 fully saturated rings. The molecule has 0 amide bonds. The van der Waals surface area contributed by atoms with Crippen molar-refractivity contribution in [3.8, 4) is 0 Å². The lowest BCUT2D eigenvalue weighted by molar-refractivity contribution is 0.155. The van der Waals surface area contributed by atoms with E-state index in [4.69, 9.17) is 5.73 Å². The molecule has 0 bridgehead atoms. The maximum atomic E-state index is 5.81. The van der Waals surface area contributed by atoms with Crippen molar-refractivity contribution in [3.05, 3.63) is 30.1 Å². The first kappa shape index (κ1) is 11.6. The van der Waals surface area contributed by atoms with Crippen LogP contribution in [0.15, 0.2) is 24.5 Å². The molecule has 1 aromatic rings. The first-order valence-electron chi connectivity index (χ1n) is 6.23. The van der Waals surface area contributed by atoms with Gasteiger partial charge in [0.25, 0.3) is 0 Å². The second-order valence-electron chi connectivity index (χ2n) is 4.53. The van der Waals surface area contributed by atoms with Gasteiger partial charge in [0.1, 0.15) is 0 Å². The molecule has 1 aliphatic heterocycles. The maximum absolute atomic E-state index is 5.81. The highest BCUT2D eigenvalue weighted by Gasteiger charge is 2.20. The monoisotopic (exact) mass is 219 g/mol. The summed E-state index contributed by atoms with van der Waals surface area (Å²) in [7, 11) is 0. The van der Waals surface area contributed by atoms with Gasteiger partial charge in [0.05, 0.1) is 0 Å². The minimum Gasteiger partial charge on any atom is -0.329 e. The molecule has 2 N–H and O–H groups in total. The molecule has 2 heterocycles. The van der Waals surface area contributed by atoms with Crippen LogP contribution in [0.1, 0.15) is 24.8 Å². The number of nitrogens with two attached hydrogens (primary N) is 1. The van der Waals surface area contributed by atoms with Crippen molar-refractivity contribution in [2.75, 3.05) is 19.6 Å². The number of piperidine rings is 1. The number of nitrogens with zero attached hydrogens (tertiary/aromatic N) is 2. The standard InChI is InChI=1S/C13H21N3/c14-11-13-3-1-2-9-16(13)10-6-12-4-7-15-8-5-12/h4-5,7-8,13H,1-3,6,9-11,14H2. The van der Waals surface area contributed by atoms with Crippen LogP contribution in [0, 0.1) is 0 Å². The van der Waals surface area contributed by atoms with E-state index in [2.05, 4.69) is 22.0 Å². The van der Waals surface area contributed by atoms with Crippen LogP contribution >= 0.6 is 0 Å². The average molecular weight is 219 g/mol. The summed E-state index contributed by atoms with van der Waals surface area (Å²) in [5.74, 6) is 0. The van der Waals surface area contributed by atoms with E-state index in [0.717, 1.165) is 19.5 Å². The van der Waals surface area contributed by atoms with Crippen molar-refractivity contribution >= 4 is 0 Å². The van der Waals surface area contributed by atoms with Crippen molar-refractivity contribution in [3.63, 3.8) is 0 Å². The Morgan fingerprint density at radius 2 is 2.12 bits per heavy atom. The van der Waals surface area contributed by atoms with Gasteiger partial charge in [-0.2, -0.15) is 0 Å². The highest BCUT2D eigenvalue weighted by molar-refractivity contribution is 5.10. The Kier molecular flexibility index (Phi) is 4.31. The van der Waals surface area contributed by atoms with E-state index in [1.54, 1.807) is 0 Å². The van der Waals surface area contributed by atoms with E-state index in [0.29, 0.717) is 6.04 Å². The first-order valence-corrected chi connectivity index (χ1v) is 6.23. The van der Waals surface area contributed by atoms with E-state index in [1.165, 1.54) is 31.4 Å². The molecule has 3 heteroatoms. The zero-order valence-electron chi connectivity index (χ0n) is 9.81. The second kappa shape index (κ2) is 5.97. The Morgan fingerprint density at radius 1 is 1.31 bits per heavy atom. The van der Waals surface area contributed by atoms with Crippen LogP contribution in [0.4, 0.5) is 0 Å². The average Bonchev–Trinajstić information content (AvgIpc) is 2.38. The van der Waals surface area contributed by atoms with Gasteiger partial charge >= 0.3 is 0 Å². The molecular weight excluding hydrogens is 198 g/mol. The molecule has 88 valence electrons. The van der Waals surface area contributed by atoms with E-state index in [9.17, 15) is 0 Å². The fraction of sp³-hybridized carbons (Fsp3) is 0.615. The quantitative estimate of drug-likeness (QED) is 0.833. The van der Waals surface area contributed by atoms with Gasteiger partial charge in [-0.05, 0) is 43.5 Å². The van der Waals surface area contributed by atoms with Crippen LogP contribution in [-0.2, 0) is 6.42 Å². The fourth-order valence-corrected chi connectivity index (χ4v) is 2.44. The van der Waals surface area contributed by atoms with Crippen LogP contribution in [0.2, 0.25) is 0 Å². The molecule has 0 radical (unpaired) electrons. The molecule has 1 aliphatic rings. The number of aromatic nitrogens is 1. The number of pyridine rings is 1.